The summed E-state index contributed by atoms with van der Waals surface area (Å²) in [6, 6.07) is 10.8. The smallest absolute Gasteiger partial charge is 0.244 e. The third kappa shape index (κ3) is 3.56. The minimum Gasteiger partial charge on any atom is -0.382 e. The van der Waals surface area contributed by atoms with E-state index in [1.807, 2.05) is 30.3 Å². The largest absolute Gasteiger partial charge is 0.382 e. The molecule has 0 saturated heterocycles. The first kappa shape index (κ1) is 19.3. The molecule has 3 aromatic heterocycles. The summed E-state index contributed by atoms with van der Waals surface area (Å²) in [4.78, 5) is 20.8. The van der Waals surface area contributed by atoms with Gasteiger partial charge in [0.05, 0.1) is 22.9 Å². The highest BCUT2D eigenvalue weighted by Gasteiger charge is 2.27. The Hall–Kier alpha value is -3.63. The quantitative estimate of drug-likeness (QED) is 0.502. The molecule has 0 saturated carbocycles. The second-order valence-electron chi connectivity index (χ2n) is 7.12. The predicted octanol–water partition coefficient (Wildman–Crippen LogP) is 2.97. The number of fused-ring (bicyclic) bond motifs is 1. The first-order valence-corrected chi connectivity index (χ1v) is 11.1. The number of para-hydroxylation sites is 2. The van der Waals surface area contributed by atoms with Crippen molar-refractivity contribution < 1.29 is 11.3 Å². The number of aromatic amines is 1. The molecule has 5 rings (SSSR count). The molecule has 4 aromatic rings. The van der Waals surface area contributed by atoms with Gasteiger partial charge in [0.1, 0.15) is 10.6 Å². The average Bonchev–Trinajstić information content (AvgIpc) is 3.24. The van der Waals surface area contributed by atoms with Crippen LogP contribution >= 0.6 is 0 Å². The highest BCUT2D eigenvalue weighted by Crippen LogP contribution is 2.28. The van der Waals surface area contributed by atoms with Gasteiger partial charge < -0.3 is 10.7 Å². The van der Waals surface area contributed by atoms with Crippen molar-refractivity contribution in [2.45, 2.75) is 11.3 Å². The fourth-order valence-corrected chi connectivity index (χ4v) is 4.89. The third-order valence-electron chi connectivity index (χ3n) is 5.19. The highest BCUT2D eigenvalue weighted by molar-refractivity contribution is 7.89. The number of nitrogens with zero attached hydrogens (tertiary/aromatic N) is 5. The molecule has 3 N–H and O–H groups in total. The van der Waals surface area contributed by atoms with Crippen LogP contribution in [0.2, 0.25) is 0 Å². The SMILES string of the molecule is Nc1ncc(C2=CCN(S(=O)(=O)c3cccnc3)CC2)nc1-c1nc2ccccc2[nH]1.[HH].[HH]. The van der Waals surface area contributed by atoms with E-state index < -0.39 is 10.0 Å². The van der Waals surface area contributed by atoms with Crippen LogP contribution in [-0.2, 0) is 10.0 Å². The van der Waals surface area contributed by atoms with Gasteiger partial charge in [0.2, 0.25) is 10.0 Å². The Labute approximate surface area is 181 Å². The van der Waals surface area contributed by atoms with E-state index in [4.69, 9.17) is 5.73 Å². The summed E-state index contributed by atoms with van der Waals surface area (Å²) in [5.74, 6) is 0.824. The lowest BCUT2D eigenvalue weighted by Gasteiger charge is -2.25. The van der Waals surface area contributed by atoms with E-state index in [1.165, 1.54) is 10.5 Å². The van der Waals surface area contributed by atoms with Crippen LogP contribution in [0.1, 0.15) is 15.0 Å². The number of benzene rings is 1. The van der Waals surface area contributed by atoms with E-state index in [0.717, 1.165) is 16.6 Å². The number of H-pyrrole nitrogens is 1. The summed E-state index contributed by atoms with van der Waals surface area (Å²) in [5.41, 5.74) is 9.82. The van der Waals surface area contributed by atoms with Crippen LogP contribution in [0.4, 0.5) is 5.82 Å². The number of hydrogen-bond acceptors (Lipinski definition) is 7. The number of sulfonamides is 1. The van der Waals surface area contributed by atoms with Gasteiger partial charge in [-0.05, 0) is 36.3 Å². The molecular weight excluding hydrogens is 414 g/mol. The van der Waals surface area contributed by atoms with Crippen molar-refractivity contribution in [2.75, 3.05) is 18.8 Å². The van der Waals surface area contributed by atoms with Gasteiger partial charge in [0.25, 0.3) is 0 Å². The molecule has 160 valence electrons. The second kappa shape index (κ2) is 7.56. The molecule has 1 aromatic carbocycles. The molecule has 0 atom stereocenters. The van der Waals surface area contributed by atoms with Crippen molar-refractivity contribution in [3.05, 3.63) is 66.8 Å². The van der Waals surface area contributed by atoms with Crippen molar-refractivity contribution in [1.82, 2.24) is 29.2 Å². The van der Waals surface area contributed by atoms with Crippen LogP contribution < -0.4 is 5.73 Å². The van der Waals surface area contributed by atoms with E-state index >= 15 is 0 Å². The predicted molar refractivity (Wildman–Crippen MR) is 121 cm³/mol. The number of anilines is 1. The molecular formula is C21H23N7O2S. The van der Waals surface area contributed by atoms with Gasteiger partial charge in [0, 0.05) is 28.3 Å². The second-order valence-corrected chi connectivity index (χ2v) is 9.06. The van der Waals surface area contributed by atoms with Crippen LogP contribution in [0.3, 0.4) is 0 Å². The zero-order valence-corrected chi connectivity index (χ0v) is 17.2. The van der Waals surface area contributed by atoms with Gasteiger partial charge >= 0.3 is 0 Å². The van der Waals surface area contributed by atoms with Crippen molar-refractivity contribution in [3.63, 3.8) is 0 Å². The zero-order chi connectivity index (χ0) is 21.4. The molecule has 10 heteroatoms. The molecule has 1 aliphatic rings. The number of nitrogens with one attached hydrogen (secondary N) is 1. The van der Waals surface area contributed by atoms with Crippen molar-refractivity contribution in [3.8, 4) is 11.5 Å². The minimum absolute atomic E-state index is 0. The van der Waals surface area contributed by atoms with E-state index in [-0.39, 0.29) is 20.1 Å². The highest BCUT2D eigenvalue weighted by atomic mass is 32.2. The van der Waals surface area contributed by atoms with Crippen LogP contribution in [0.25, 0.3) is 28.1 Å². The van der Waals surface area contributed by atoms with Gasteiger partial charge in [0.15, 0.2) is 11.6 Å². The number of aromatic nitrogens is 5. The lowest BCUT2D eigenvalue weighted by molar-refractivity contribution is 0.440. The van der Waals surface area contributed by atoms with E-state index in [1.54, 1.807) is 24.5 Å². The Balaban J connectivity index is 0.00000153. The molecule has 1 aliphatic heterocycles. The molecule has 0 bridgehead atoms. The normalized spacial score (nSPS) is 15.2. The number of nitrogens with two attached hydrogens (primary N) is 1. The summed E-state index contributed by atoms with van der Waals surface area (Å²) in [7, 11) is -3.59. The fraction of sp³-hybridized carbons (Fsp3) is 0.143. The molecule has 0 radical (unpaired) electrons. The van der Waals surface area contributed by atoms with Crippen molar-refractivity contribution in [1.29, 1.82) is 0 Å². The third-order valence-corrected chi connectivity index (χ3v) is 7.04. The summed E-state index contributed by atoms with van der Waals surface area (Å²) < 4.78 is 27.0. The monoisotopic (exact) mass is 437 g/mol. The first-order chi connectivity index (χ1) is 15.0. The summed E-state index contributed by atoms with van der Waals surface area (Å²) in [6.07, 6.45) is 6.89. The Morgan fingerprint density at radius 1 is 1.10 bits per heavy atom. The fourth-order valence-electron chi connectivity index (χ4n) is 3.54. The molecule has 31 heavy (non-hydrogen) atoms. The van der Waals surface area contributed by atoms with Crippen LogP contribution in [-0.4, -0.2) is 50.7 Å². The zero-order valence-electron chi connectivity index (χ0n) is 16.4. The maximum absolute atomic E-state index is 12.8. The number of imidazole rings is 1. The topological polar surface area (TPSA) is 131 Å². The van der Waals surface area contributed by atoms with Crippen molar-refractivity contribution >= 4 is 32.4 Å². The minimum atomic E-state index is -3.59. The maximum atomic E-state index is 12.8. The Bertz CT molecular complexity index is 1380. The van der Waals surface area contributed by atoms with Gasteiger partial charge in [-0.1, -0.05) is 18.2 Å². The number of pyridine rings is 1. The van der Waals surface area contributed by atoms with Gasteiger partial charge in [-0.2, -0.15) is 4.31 Å². The standard InChI is InChI=1S/C21H19N7O2S.2H2/c22-20-19(21-26-16-5-1-2-6-17(16)27-21)25-18(13-24-20)14-7-10-28(11-8-14)31(29,30)15-4-3-9-23-12-15;;/h1-7,9,12-13H,8,10-11H2,(H2,22,24)(H,26,27);2*1H. The van der Waals surface area contributed by atoms with Gasteiger partial charge in [-0.3, -0.25) is 4.98 Å². The lowest BCUT2D eigenvalue weighted by atomic mass is 10.1. The Kier molecular flexibility index (Phi) is 4.72. The van der Waals surface area contributed by atoms with E-state index in [0.29, 0.717) is 30.2 Å². The molecule has 0 amide bonds. The molecule has 0 unspecified atom stereocenters. The van der Waals surface area contributed by atoms with E-state index in [9.17, 15) is 8.42 Å². The molecule has 0 spiro atoms. The van der Waals surface area contributed by atoms with Crippen molar-refractivity contribution in [2.24, 2.45) is 0 Å². The first-order valence-electron chi connectivity index (χ1n) is 9.69. The molecule has 0 aliphatic carbocycles. The number of nitrogen functional groups attached to an aromatic ring is 1. The summed E-state index contributed by atoms with van der Waals surface area (Å²) >= 11 is 0. The molecule has 9 nitrogen and oxygen atoms in total. The Morgan fingerprint density at radius 2 is 1.97 bits per heavy atom. The maximum Gasteiger partial charge on any atom is 0.244 e. The molecule has 0 fully saturated rings. The van der Waals surface area contributed by atoms with Gasteiger partial charge in [-0.25, -0.2) is 23.4 Å². The van der Waals surface area contributed by atoms with Gasteiger partial charge in [-0.15, -0.1) is 0 Å². The lowest BCUT2D eigenvalue weighted by Crippen LogP contribution is -2.34. The van der Waals surface area contributed by atoms with E-state index in [2.05, 4.69) is 24.9 Å². The number of rotatable bonds is 4. The van der Waals surface area contributed by atoms with Crippen LogP contribution in [0, 0.1) is 0 Å². The van der Waals surface area contributed by atoms with Crippen LogP contribution in [0.15, 0.2) is 66.0 Å². The molecule has 4 heterocycles. The average molecular weight is 438 g/mol. The summed E-state index contributed by atoms with van der Waals surface area (Å²) in [6.45, 7) is 0.591. The van der Waals surface area contributed by atoms with Crippen LogP contribution in [0.5, 0.6) is 0 Å². The number of hydrogen-bond donors (Lipinski definition) is 2. The Morgan fingerprint density at radius 3 is 2.71 bits per heavy atom. The summed E-state index contributed by atoms with van der Waals surface area (Å²) in [5, 5.41) is 0.